The zero-order chi connectivity index (χ0) is 41.5. The summed E-state index contributed by atoms with van der Waals surface area (Å²) in [6.45, 7) is 8.45. The van der Waals surface area contributed by atoms with Crippen molar-refractivity contribution in [2.24, 2.45) is 0 Å². The van der Waals surface area contributed by atoms with E-state index in [4.69, 9.17) is 19.4 Å². The Bertz CT molecular complexity index is 3000. The first-order chi connectivity index (χ1) is 29.9. The van der Waals surface area contributed by atoms with Crippen molar-refractivity contribution in [2.45, 2.75) is 27.7 Å². The molecule has 0 aliphatic rings. The van der Waals surface area contributed by atoms with E-state index in [9.17, 15) is 0 Å². The molecule has 10 aromatic rings. The Morgan fingerprint density at radius 1 is 0.393 bits per heavy atom. The Morgan fingerprint density at radius 2 is 0.836 bits per heavy atom. The van der Waals surface area contributed by atoms with Crippen LogP contribution >= 0.6 is 0 Å². The molecule has 294 valence electrons. The van der Waals surface area contributed by atoms with Gasteiger partial charge in [-0.25, -0.2) is 9.97 Å². The second-order valence-corrected chi connectivity index (χ2v) is 15.4. The lowest BCUT2D eigenvalue weighted by Crippen LogP contribution is -2.00. The molecule has 0 spiro atoms. The second kappa shape index (κ2) is 15.7. The molecule has 4 heterocycles. The van der Waals surface area contributed by atoms with Gasteiger partial charge in [-0.05, 0) is 129 Å². The summed E-state index contributed by atoms with van der Waals surface area (Å²) in [5.41, 5.74) is 14.3. The molecule has 0 atom stereocenters. The van der Waals surface area contributed by atoms with Crippen LogP contribution in [-0.2, 0) is 0 Å². The Kier molecular flexibility index (Phi) is 9.62. The summed E-state index contributed by atoms with van der Waals surface area (Å²) in [6, 6.07) is 51.8. The largest absolute Gasteiger partial charge is 0.457 e. The summed E-state index contributed by atoms with van der Waals surface area (Å²) < 4.78 is 16.0. The number of ether oxygens (including phenoxy) is 2. The van der Waals surface area contributed by atoms with E-state index in [1.54, 1.807) is 12.4 Å². The highest BCUT2D eigenvalue weighted by Crippen LogP contribution is 2.44. The number of pyridine rings is 2. The van der Waals surface area contributed by atoms with Gasteiger partial charge in [0.1, 0.15) is 23.0 Å². The topological polar surface area (TPSA) is 75.0 Å². The van der Waals surface area contributed by atoms with Crippen molar-refractivity contribution < 1.29 is 9.47 Å². The van der Waals surface area contributed by atoms with E-state index in [1.807, 2.05) is 67.0 Å². The van der Waals surface area contributed by atoms with Crippen LogP contribution in [-0.4, -0.2) is 24.5 Å². The number of rotatable bonds is 9. The average Bonchev–Trinajstić information content (AvgIpc) is 3.60. The molecule has 7 heteroatoms. The van der Waals surface area contributed by atoms with Crippen LogP contribution in [0.4, 0.5) is 0 Å². The summed E-state index contributed by atoms with van der Waals surface area (Å²) >= 11 is 0. The van der Waals surface area contributed by atoms with Crippen molar-refractivity contribution in [1.82, 2.24) is 24.5 Å². The standard InChI is InChI=1S/C54H41N5O2/c1-34-12-16-38(17-13-34)52-36(3)28-40(46-10-5-7-24-55-46)30-50(52)60-42-20-22-44-45-23-21-43(33-49(45)59(48(44)32-42)54-57-26-9-27-58-54)61-51-31-41(47-11-6-8-25-56-47)29-37(4)53(51)39-18-14-35(2)15-19-39/h5-33H,1-4H3. The summed E-state index contributed by atoms with van der Waals surface area (Å²) in [5.74, 6) is 3.38. The number of hydrogen-bond donors (Lipinski definition) is 0. The van der Waals surface area contributed by atoms with Gasteiger partial charge in [-0.1, -0.05) is 71.8 Å². The molecule has 7 nitrogen and oxygen atoms in total. The number of benzene rings is 6. The molecule has 0 aliphatic heterocycles. The Morgan fingerprint density at radius 3 is 1.26 bits per heavy atom. The first-order valence-electron chi connectivity index (χ1n) is 20.3. The van der Waals surface area contributed by atoms with Gasteiger partial charge in [0.2, 0.25) is 5.95 Å². The third kappa shape index (κ3) is 7.27. The Labute approximate surface area is 354 Å². The number of hydrogen-bond acceptors (Lipinski definition) is 6. The summed E-state index contributed by atoms with van der Waals surface area (Å²) in [5, 5.41) is 2.07. The summed E-state index contributed by atoms with van der Waals surface area (Å²) in [6.07, 6.45) is 7.16. The molecule has 6 aromatic carbocycles. The van der Waals surface area contributed by atoms with Crippen LogP contribution in [0, 0.1) is 27.7 Å². The number of aromatic nitrogens is 5. The first kappa shape index (κ1) is 37.4. The SMILES string of the molecule is Cc1ccc(-c2c(C)cc(-c3ccccn3)cc2Oc2ccc3c4ccc(Oc5cc(-c6ccccn6)cc(C)c5-c5ccc(C)cc5)cc4n(-c4ncccn4)c3c2)cc1. The molecule has 0 aliphatic carbocycles. The molecule has 10 rings (SSSR count). The summed E-state index contributed by atoms with van der Waals surface area (Å²) in [7, 11) is 0. The van der Waals surface area contributed by atoms with E-state index >= 15 is 0 Å². The normalized spacial score (nSPS) is 11.3. The summed E-state index contributed by atoms with van der Waals surface area (Å²) in [4.78, 5) is 18.8. The predicted molar refractivity (Wildman–Crippen MR) is 246 cm³/mol. The van der Waals surface area contributed by atoms with E-state index in [0.29, 0.717) is 17.4 Å². The van der Waals surface area contributed by atoms with Gasteiger partial charge in [-0.2, -0.15) is 0 Å². The number of aryl methyl sites for hydroxylation is 4. The van der Waals surface area contributed by atoms with Crippen molar-refractivity contribution >= 4 is 21.8 Å². The third-order valence-corrected chi connectivity index (χ3v) is 11.1. The molecule has 0 fully saturated rings. The first-order valence-corrected chi connectivity index (χ1v) is 20.3. The molecule has 0 amide bonds. The lowest BCUT2D eigenvalue weighted by molar-refractivity contribution is 0.485. The highest BCUT2D eigenvalue weighted by molar-refractivity contribution is 6.09. The number of nitrogens with zero attached hydrogens (tertiary/aromatic N) is 5. The minimum absolute atomic E-state index is 0.540. The monoisotopic (exact) mass is 791 g/mol. The molecule has 61 heavy (non-hydrogen) atoms. The van der Waals surface area contributed by atoms with E-state index in [1.165, 1.54) is 11.1 Å². The van der Waals surface area contributed by atoms with Gasteiger partial charge in [-0.3, -0.25) is 14.5 Å². The van der Waals surface area contributed by atoms with Crippen molar-refractivity contribution in [3.8, 4) is 73.7 Å². The second-order valence-electron chi connectivity index (χ2n) is 15.4. The van der Waals surface area contributed by atoms with Crippen LogP contribution in [0.1, 0.15) is 22.3 Å². The van der Waals surface area contributed by atoms with Crippen LogP contribution in [0.2, 0.25) is 0 Å². The lowest BCUT2D eigenvalue weighted by Gasteiger charge is -2.17. The molecule has 0 radical (unpaired) electrons. The van der Waals surface area contributed by atoms with Gasteiger partial charge in [-0.15, -0.1) is 0 Å². The quantitative estimate of drug-likeness (QED) is 0.145. The van der Waals surface area contributed by atoms with Crippen LogP contribution < -0.4 is 9.47 Å². The van der Waals surface area contributed by atoms with Gasteiger partial charge in [0.25, 0.3) is 0 Å². The minimum atomic E-state index is 0.540. The minimum Gasteiger partial charge on any atom is -0.457 e. The molecule has 0 saturated carbocycles. The van der Waals surface area contributed by atoms with Crippen molar-refractivity contribution in [3.05, 3.63) is 199 Å². The van der Waals surface area contributed by atoms with Crippen LogP contribution in [0.25, 0.3) is 72.5 Å². The van der Waals surface area contributed by atoms with Gasteiger partial charge in [0.15, 0.2) is 0 Å². The Hall–Kier alpha value is -7.90. The van der Waals surface area contributed by atoms with E-state index in [0.717, 1.165) is 89.2 Å². The van der Waals surface area contributed by atoms with Crippen molar-refractivity contribution in [2.75, 3.05) is 0 Å². The van der Waals surface area contributed by atoms with Crippen molar-refractivity contribution in [1.29, 1.82) is 0 Å². The highest BCUT2D eigenvalue weighted by Gasteiger charge is 2.20. The predicted octanol–water partition coefficient (Wildman–Crippen LogP) is 13.8. The molecular formula is C54H41N5O2. The van der Waals surface area contributed by atoms with Crippen LogP contribution in [0.5, 0.6) is 23.0 Å². The third-order valence-electron chi connectivity index (χ3n) is 11.1. The maximum atomic E-state index is 6.94. The van der Waals surface area contributed by atoms with Crippen molar-refractivity contribution in [3.63, 3.8) is 0 Å². The van der Waals surface area contributed by atoms with Crippen LogP contribution in [0.15, 0.2) is 176 Å². The lowest BCUT2D eigenvalue weighted by atomic mass is 9.95. The van der Waals surface area contributed by atoms with Gasteiger partial charge in [0, 0.05) is 69.9 Å². The zero-order valence-electron chi connectivity index (χ0n) is 34.3. The fraction of sp³-hybridized carbons (Fsp3) is 0.0741. The zero-order valence-corrected chi connectivity index (χ0v) is 34.3. The molecule has 0 N–H and O–H groups in total. The van der Waals surface area contributed by atoms with E-state index < -0.39 is 0 Å². The smallest absolute Gasteiger partial charge is 0.234 e. The van der Waals surface area contributed by atoms with Gasteiger partial charge in [0.05, 0.1) is 22.4 Å². The molecule has 0 unspecified atom stereocenters. The maximum Gasteiger partial charge on any atom is 0.234 e. The maximum absolute atomic E-state index is 6.94. The van der Waals surface area contributed by atoms with Gasteiger partial charge >= 0.3 is 0 Å². The van der Waals surface area contributed by atoms with Gasteiger partial charge < -0.3 is 9.47 Å². The Balaban J connectivity index is 1.11. The van der Waals surface area contributed by atoms with Crippen LogP contribution in [0.3, 0.4) is 0 Å². The fourth-order valence-electron chi connectivity index (χ4n) is 8.20. The molecule has 0 saturated heterocycles. The molecule has 0 bridgehead atoms. The average molecular weight is 792 g/mol. The van der Waals surface area contributed by atoms with E-state index in [-0.39, 0.29) is 0 Å². The molecule has 4 aromatic heterocycles. The van der Waals surface area contributed by atoms with E-state index in [2.05, 4.69) is 139 Å². The fourth-order valence-corrected chi connectivity index (χ4v) is 8.20. The number of fused-ring (bicyclic) bond motifs is 3. The molecular weight excluding hydrogens is 751 g/mol. The highest BCUT2D eigenvalue weighted by atomic mass is 16.5.